The van der Waals surface area contributed by atoms with Crippen molar-refractivity contribution in [3.05, 3.63) is 120 Å². The minimum atomic E-state index is 0. The molecule has 0 N–H and O–H groups in total. The lowest BCUT2D eigenvalue weighted by atomic mass is 10.00. The van der Waals surface area contributed by atoms with Gasteiger partial charge in [-0.1, -0.05) is 60.7 Å². The van der Waals surface area contributed by atoms with Crippen molar-refractivity contribution in [2.24, 2.45) is 0 Å². The van der Waals surface area contributed by atoms with E-state index in [0.29, 0.717) is 24.2 Å². The van der Waals surface area contributed by atoms with Crippen LogP contribution in [0.1, 0.15) is 32.1 Å². The molecule has 0 saturated carbocycles. The number of ketones is 2. The Morgan fingerprint density at radius 2 is 0.912 bits per heavy atom. The van der Waals surface area contributed by atoms with Crippen molar-refractivity contribution >= 4 is 11.6 Å². The highest BCUT2D eigenvalue weighted by Gasteiger charge is 2.15. The van der Waals surface area contributed by atoms with Crippen molar-refractivity contribution < 1.29 is 52.7 Å². The van der Waals surface area contributed by atoms with E-state index in [1.54, 1.807) is 0 Å². The van der Waals surface area contributed by atoms with Crippen LogP contribution in [0.3, 0.4) is 0 Å². The Morgan fingerprint density at radius 1 is 0.559 bits per heavy atom. The molecule has 2 heterocycles. The third-order valence-corrected chi connectivity index (χ3v) is 5.71. The van der Waals surface area contributed by atoms with Gasteiger partial charge in [-0.3, -0.25) is 9.59 Å². The summed E-state index contributed by atoms with van der Waals surface area (Å²) in [6.07, 6.45) is 3.84. The van der Waals surface area contributed by atoms with Gasteiger partial charge in [0, 0.05) is 49.2 Å². The number of Topliss-reactive ketones (excluding diaryl/α,β-unsaturated/α-hetero) is 2. The van der Waals surface area contributed by atoms with Gasteiger partial charge in [-0.15, -0.1) is 0 Å². The minimum absolute atomic E-state index is 0. The summed E-state index contributed by atoms with van der Waals surface area (Å²) in [5.74, 6) is 0.149. The molecule has 0 amide bonds. The van der Waals surface area contributed by atoms with E-state index in [1.165, 1.54) is 0 Å². The van der Waals surface area contributed by atoms with Gasteiger partial charge in [0.25, 0.3) is 0 Å². The number of hydrogen-bond acceptors (Lipinski definition) is 2. The van der Waals surface area contributed by atoms with Crippen molar-refractivity contribution in [2.75, 3.05) is 0 Å². The molecule has 0 spiro atoms. The fraction of sp³-hybridized carbons (Fsp3) is 0.143. The fourth-order valence-corrected chi connectivity index (χ4v) is 3.67. The number of aryl methyl sites for hydroxylation is 2. The molecular formula is C28H26Br2N2O2. The van der Waals surface area contributed by atoms with Crippen LogP contribution in [0, 0.1) is 13.8 Å². The summed E-state index contributed by atoms with van der Waals surface area (Å²) in [5, 5.41) is 0. The number of aromatic nitrogens is 2. The van der Waals surface area contributed by atoms with Gasteiger partial charge in [0.1, 0.15) is 0 Å². The molecule has 0 fully saturated rings. The molecule has 4 rings (SSSR count). The average Bonchev–Trinajstić information content (AvgIpc) is 2.82. The van der Waals surface area contributed by atoms with Gasteiger partial charge in [-0.2, -0.15) is 9.13 Å². The average molecular weight is 582 g/mol. The molecule has 4 aromatic rings. The lowest BCUT2D eigenvalue weighted by Crippen LogP contribution is -3.00. The van der Waals surface area contributed by atoms with Gasteiger partial charge in [-0.05, 0) is 11.1 Å². The Balaban J connectivity index is 0.00000204. The molecule has 0 aliphatic carbocycles. The number of halogens is 2. The van der Waals surface area contributed by atoms with Crippen LogP contribution in [0.15, 0.2) is 97.3 Å². The molecule has 0 bridgehead atoms. The Morgan fingerprint density at radius 3 is 1.24 bits per heavy atom. The highest BCUT2D eigenvalue weighted by molar-refractivity contribution is 5.96. The second-order valence-electron chi connectivity index (χ2n) is 7.94. The standard InChI is InChI=1S/C28H26N2O2.2BrH/c1-21-7-3-5-17-29(21)19-27(31)25-13-9-23(10-14-25)24-11-15-26(16-12-24)28(32)20-30-18-6-4-8-22(30)2;;/h3-18H,19-20H2,1-2H3;2*1H/q+2;;/p-2. The molecule has 0 saturated heterocycles. The van der Waals surface area contributed by atoms with E-state index in [4.69, 9.17) is 0 Å². The Bertz CT molecular complexity index is 1170. The van der Waals surface area contributed by atoms with E-state index < -0.39 is 0 Å². The zero-order chi connectivity index (χ0) is 22.5. The van der Waals surface area contributed by atoms with Gasteiger partial charge >= 0.3 is 0 Å². The summed E-state index contributed by atoms with van der Waals surface area (Å²) in [6.45, 7) is 4.62. The Labute approximate surface area is 221 Å². The highest BCUT2D eigenvalue weighted by Crippen LogP contribution is 2.21. The third-order valence-electron chi connectivity index (χ3n) is 5.71. The predicted molar refractivity (Wildman–Crippen MR) is 123 cm³/mol. The van der Waals surface area contributed by atoms with Crippen LogP contribution in [-0.4, -0.2) is 11.6 Å². The van der Waals surface area contributed by atoms with Gasteiger partial charge in [0.15, 0.2) is 23.8 Å². The van der Waals surface area contributed by atoms with Crippen molar-refractivity contribution in [3.8, 4) is 11.1 Å². The third kappa shape index (κ3) is 6.55. The van der Waals surface area contributed by atoms with Crippen LogP contribution >= 0.6 is 0 Å². The van der Waals surface area contributed by atoms with Crippen molar-refractivity contribution in [2.45, 2.75) is 26.9 Å². The van der Waals surface area contributed by atoms with Gasteiger partial charge < -0.3 is 34.0 Å². The van der Waals surface area contributed by atoms with E-state index >= 15 is 0 Å². The SMILES string of the molecule is Cc1cccc[n+]1CC(=O)c1ccc(-c2ccc(C(=O)C[n+]3ccccc3C)cc2)cc1.[Br-].[Br-]. The molecule has 0 atom stereocenters. The number of nitrogens with zero attached hydrogens (tertiary/aromatic N) is 2. The monoisotopic (exact) mass is 580 g/mol. The van der Waals surface area contributed by atoms with Crippen molar-refractivity contribution in [1.29, 1.82) is 0 Å². The topological polar surface area (TPSA) is 41.9 Å². The van der Waals surface area contributed by atoms with Crippen LogP contribution in [0.5, 0.6) is 0 Å². The molecule has 2 aromatic heterocycles. The smallest absolute Gasteiger partial charge is 0.227 e. The zero-order valence-electron chi connectivity index (χ0n) is 19.1. The van der Waals surface area contributed by atoms with E-state index in [-0.39, 0.29) is 45.5 Å². The number of pyridine rings is 2. The molecule has 34 heavy (non-hydrogen) atoms. The maximum atomic E-state index is 12.6. The molecule has 0 aliphatic rings. The number of carbonyl (C=O) groups excluding carboxylic acids is 2. The van der Waals surface area contributed by atoms with E-state index in [0.717, 1.165) is 22.5 Å². The number of rotatable bonds is 7. The van der Waals surface area contributed by atoms with Crippen LogP contribution in [0.2, 0.25) is 0 Å². The molecule has 2 aromatic carbocycles. The zero-order valence-corrected chi connectivity index (χ0v) is 22.3. The lowest BCUT2D eigenvalue weighted by Gasteiger charge is -2.06. The number of carbonyl (C=O) groups is 2. The minimum Gasteiger partial charge on any atom is -1.00 e. The Kier molecular flexibility index (Phi) is 10.0. The first-order valence-corrected chi connectivity index (χ1v) is 10.7. The largest absolute Gasteiger partial charge is 1.00 e. The maximum absolute atomic E-state index is 12.6. The molecule has 0 radical (unpaired) electrons. The highest BCUT2D eigenvalue weighted by atomic mass is 79.9. The summed E-state index contributed by atoms with van der Waals surface area (Å²) in [4.78, 5) is 25.3. The molecule has 0 unspecified atom stereocenters. The summed E-state index contributed by atoms with van der Waals surface area (Å²) in [5.41, 5.74) is 5.49. The molecule has 0 aliphatic heterocycles. The normalized spacial score (nSPS) is 10.1. The molecule has 174 valence electrons. The van der Waals surface area contributed by atoms with Crippen molar-refractivity contribution in [3.63, 3.8) is 0 Å². The van der Waals surface area contributed by atoms with E-state index in [2.05, 4.69) is 0 Å². The van der Waals surface area contributed by atoms with Crippen molar-refractivity contribution in [1.82, 2.24) is 0 Å². The first-order valence-electron chi connectivity index (χ1n) is 10.7. The second kappa shape index (κ2) is 12.5. The number of benzene rings is 2. The lowest BCUT2D eigenvalue weighted by molar-refractivity contribution is -0.689. The second-order valence-corrected chi connectivity index (χ2v) is 7.94. The van der Waals surface area contributed by atoms with E-state index in [1.807, 2.05) is 120 Å². The van der Waals surface area contributed by atoms with Crippen LogP contribution < -0.4 is 43.1 Å². The maximum Gasteiger partial charge on any atom is 0.227 e. The van der Waals surface area contributed by atoms with E-state index in [9.17, 15) is 9.59 Å². The molecular weight excluding hydrogens is 556 g/mol. The van der Waals surface area contributed by atoms with Crippen LogP contribution in [-0.2, 0) is 13.1 Å². The Hall–Kier alpha value is -2.96. The predicted octanol–water partition coefficient (Wildman–Crippen LogP) is -1.68. The molecule has 6 heteroatoms. The van der Waals surface area contributed by atoms with Gasteiger partial charge in [0.05, 0.1) is 0 Å². The van der Waals surface area contributed by atoms with Crippen LogP contribution in [0.4, 0.5) is 0 Å². The summed E-state index contributed by atoms with van der Waals surface area (Å²) in [6, 6.07) is 27.0. The van der Waals surface area contributed by atoms with Crippen LogP contribution in [0.25, 0.3) is 11.1 Å². The fourth-order valence-electron chi connectivity index (χ4n) is 3.67. The summed E-state index contributed by atoms with van der Waals surface area (Å²) < 4.78 is 3.89. The van der Waals surface area contributed by atoms with Gasteiger partial charge in [0.2, 0.25) is 24.7 Å². The molecule has 4 nitrogen and oxygen atoms in total. The van der Waals surface area contributed by atoms with Gasteiger partial charge in [-0.25, -0.2) is 0 Å². The quantitative estimate of drug-likeness (QED) is 0.193. The first-order chi connectivity index (χ1) is 15.5. The number of hydrogen-bond donors (Lipinski definition) is 0. The summed E-state index contributed by atoms with van der Waals surface area (Å²) in [7, 11) is 0. The summed E-state index contributed by atoms with van der Waals surface area (Å²) >= 11 is 0. The first kappa shape index (κ1) is 27.3.